The number of nitrogens with two attached hydrogens (primary N) is 1. The van der Waals surface area contributed by atoms with Crippen molar-refractivity contribution in [2.24, 2.45) is 10.7 Å². The molecule has 1 aliphatic heterocycles. The molecular weight excluding hydrogens is 542 g/mol. The number of anilines is 1. The topological polar surface area (TPSA) is 119 Å². The van der Waals surface area contributed by atoms with Gasteiger partial charge in [-0.25, -0.2) is 14.8 Å². The molecule has 0 aliphatic carbocycles. The molecule has 2 aromatic carbocycles. The van der Waals surface area contributed by atoms with E-state index in [0.29, 0.717) is 43.4 Å². The van der Waals surface area contributed by atoms with Crippen LogP contribution in [-0.4, -0.2) is 71.0 Å². The molecule has 0 radical (unpaired) electrons. The van der Waals surface area contributed by atoms with Crippen LogP contribution in [0.3, 0.4) is 0 Å². The maximum absolute atomic E-state index is 12.6. The molecule has 1 aliphatic rings. The van der Waals surface area contributed by atoms with Gasteiger partial charge in [0.1, 0.15) is 23.8 Å². The zero-order valence-corrected chi connectivity index (χ0v) is 25.0. The molecule has 1 amide bonds. The minimum Gasteiger partial charge on any atom is -0.486 e. The number of nitrogens with zero attached hydrogens (tertiary/aromatic N) is 6. The third-order valence-corrected chi connectivity index (χ3v) is 6.93. The SMILES string of the molecule is CN=CC(=C(N)c1ccc(OCc2nc(N3CCN(C(=O)OC(C)(C)C)CC3)c3ccccc3n2)cc1)c1ccncc1. The number of fused-ring (bicyclic) bond motifs is 1. The first-order chi connectivity index (χ1) is 20.7. The quantitative estimate of drug-likeness (QED) is 0.297. The Hall–Kier alpha value is -4.99. The maximum Gasteiger partial charge on any atom is 0.410 e. The number of pyridine rings is 1. The molecule has 5 rings (SSSR count). The summed E-state index contributed by atoms with van der Waals surface area (Å²) in [4.78, 5) is 34.4. The number of rotatable bonds is 7. The van der Waals surface area contributed by atoms with Crippen LogP contribution in [0, 0.1) is 0 Å². The van der Waals surface area contributed by atoms with Gasteiger partial charge in [-0.2, -0.15) is 0 Å². The van der Waals surface area contributed by atoms with Gasteiger partial charge in [-0.05, 0) is 80.4 Å². The number of para-hydroxylation sites is 1. The normalized spacial score (nSPS) is 14.6. The Labute approximate surface area is 251 Å². The van der Waals surface area contributed by atoms with E-state index < -0.39 is 5.60 Å². The number of aromatic nitrogens is 3. The number of hydrogen-bond donors (Lipinski definition) is 1. The Morgan fingerprint density at radius 1 is 0.953 bits per heavy atom. The van der Waals surface area contributed by atoms with Gasteiger partial charge in [-0.3, -0.25) is 9.98 Å². The molecule has 10 nitrogen and oxygen atoms in total. The third kappa shape index (κ3) is 7.27. The van der Waals surface area contributed by atoms with Crippen LogP contribution in [0.4, 0.5) is 10.6 Å². The largest absolute Gasteiger partial charge is 0.486 e. The number of carbonyl (C=O) groups is 1. The summed E-state index contributed by atoms with van der Waals surface area (Å²) in [6.07, 6.45) is 4.92. The minimum absolute atomic E-state index is 0.200. The fourth-order valence-corrected chi connectivity index (χ4v) is 4.83. The molecule has 1 saturated heterocycles. The van der Waals surface area contributed by atoms with Crippen molar-refractivity contribution in [3.63, 3.8) is 0 Å². The van der Waals surface area contributed by atoms with Gasteiger partial charge in [0.25, 0.3) is 0 Å². The second-order valence-electron chi connectivity index (χ2n) is 11.2. The van der Waals surface area contributed by atoms with E-state index in [4.69, 9.17) is 25.2 Å². The Kier molecular flexibility index (Phi) is 8.85. The standard InChI is InChI=1S/C33H37N7O3/c1-33(2,3)43-32(41)40-19-17-39(18-20-40)31-26-7-5-6-8-28(26)37-29(38-31)22-42-25-11-9-24(10-12-25)30(34)27(21-35-4)23-13-15-36-16-14-23/h5-16,21H,17-20,22,34H2,1-4H3. The molecule has 222 valence electrons. The van der Waals surface area contributed by atoms with E-state index in [2.05, 4.69) is 14.9 Å². The monoisotopic (exact) mass is 579 g/mol. The van der Waals surface area contributed by atoms with Crippen molar-refractivity contribution in [2.45, 2.75) is 33.0 Å². The van der Waals surface area contributed by atoms with Gasteiger partial charge in [-0.15, -0.1) is 0 Å². The van der Waals surface area contributed by atoms with Gasteiger partial charge < -0.3 is 25.0 Å². The highest BCUT2D eigenvalue weighted by Crippen LogP contribution is 2.27. The summed E-state index contributed by atoms with van der Waals surface area (Å²) in [5.74, 6) is 2.09. The number of carbonyl (C=O) groups excluding carboxylic acids is 1. The van der Waals surface area contributed by atoms with Crippen LogP contribution in [0.2, 0.25) is 0 Å². The van der Waals surface area contributed by atoms with Gasteiger partial charge in [0.05, 0.1) is 5.52 Å². The summed E-state index contributed by atoms with van der Waals surface area (Å²) in [7, 11) is 1.72. The number of piperazine rings is 1. The van der Waals surface area contributed by atoms with Crippen molar-refractivity contribution >= 4 is 40.3 Å². The highest BCUT2D eigenvalue weighted by atomic mass is 16.6. The van der Waals surface area contributed by atoms with Gasteiger partial charge >= 0.3 is 6.09 Å². The predicted molar refractivity (Wildman–Crippen MR) is 170 cm³/mol. The summed E-state index contributed by atoms with van der Waals surface area (Å²) in [5.41, 5.74) is 10.1. The summed E-state index contributed by atoms with van der Waals surface area (Å²) >= 11 is 0. The van der Waals surface area contributed by atoms with Gasteiger partial charge in [0.15, 0.2) is 5.82 Å². The zero-order valence-electron chi connectivity index (χ0n) is 25.0. The van der Waals surface area contributed by atoms with Crippen LogP contribution in [-0.2, 0) is 11.3 Å². The van der Waals surface area contributed by atoms with E-state index in [0.717, 1.165) is 33.4 Å². The number of benzene rings is 2. The van der Waals surface area contributed by atoms with Gasteiger partial charge in [-0.1, -0.05) is 12.1 Å². The van der Waals surface area contributed by atoms with Crippen LogP contribution < -0.4 is 15.4 Å². The second-order valence-corrected chi connectivity index (χ2v) is 11.2. The van der Waals surface area contributed by atoms with Crippen molar-refractivity contribution in [2.75, 3.05) is 38.1 Å². The zero-order chi connectivity index (χ0) is 30.4. The first kappa shape index (κ1) is 29.5. The third-order valence-electron chi connectivity index (χ3n) is 6.93. The van der Waals surface area contributed by atoms with E-state index in [1.165, 1.54) is 0 Å². The van der Waals surface area contributed by atoms with Gasteiger partial charge in [0, 0.05) is 68.5 Å². The summed E-state index contributed by atoms with van der Waals surface area (Å²) in [5, 5.41) is 0.962. The lowest BCUT2D eigenvalue weighted by molar-refractivity contribution is 0.0240. The smallest absolute Gasteiger partial charge is 0.410 e. The molecule has 3 heterocycles. The van der Waals surface area contributed by atoms with Crippen LogP contribution in [0.25, 0.3) is 22.2 Å². The molecule has 10 heteroatoms. The molecule has 1 fully saturated rings. The Bertz CT molecular complexity index is 1620. The Morgan fingerprint density at radius 3 is 2.33 bits per heavy atom. The predicted octanol–water partition coefficient (Wildman–Crippen LogP) is 5.19. The number of aliphatic imine (C=N–C) groups is 1. The van der Waals surface area contributed by atoms with Crippen molar-refractivity contribution in [3.05, 3.63) is 90.0 Å². The van der Waals surface area contributed by atoms with Crippen LogP contribution in [0.5, 0.6) is 5.75 Å². The van der Waals surface area contributed by atoms with E-state index >= 15 is 0 Å². The Balaban J connectivity index is 1.30. The lowest BCUT2D eigenvalue weighted by Gasteiger charge is -2.36. The van der Waals surface area contributed by atoms with Crippen molar-refractivity contribution in [1.82, 2.24) is 19.9 Å². The summed E-state index contributed by atoms with van der Waals surface area (Å²) in [6.45, 7) is 8.21. The molecular formula is C33H37N7O3. The fraction of sp³-hybridized carbons (Fsp3) is 0.303. The average molecular weight is 580 g/mol. The summed E-state index contributed by atoms with van der Waals surface area (Å²) < 4.78 is 11.7. The van der Waals surface area contributed by atoms with Crippen LogP contribution in [0.15, 0.2) is 78.0 Å². The molecule has 43 heavy (non-hydrogen) atoms. The molecule has 4 aromatic rings. The molecule has 2 N–H and O–H groups in total. The number of hydrogen-bond acceptors (Lipinski definition) is 9. The van der Waals surface area contributed by atoms with Gasteiger partial charge in [0.2, 0.25) is 0 Å². The molecule has 0 unspecified atom stereocenters. The van der Waals surface area contributed by atoms with Crippen molar-refractivity contribution in [1.29, 1.82) is 0 Å². The first-order valence-corrected chi connectivity index (χ1v) is 14.3. The van der Waals surface area contributed by atoms with E-state index in [-0.39, 0.29) is 12.7 Å². The molecule has 0 bridgehead atoms. The second kappa shape index (κ2) is 12.9. The number of ether oxygens (including phenoxy) is 2. The highest BCUT2D eigenvalue weighted by molar-refractivity contribution is 6.18. The lowest BCUT2D eigenvalue weighted by Crippen LogP contribution is -2.50. The first-order valence-electron chi connectivity index (χ1n) is 14.3. The minimum atomic E-state index is -0.525. The average Bonchev–Trinajstić information content (AvgIpc) is 3.02. The van der Waals surface area contributed by atoms with Crippen molar-refractivity contribution < 1.29 is 14.3 Å². The fourth-order valence-electron chi connectivity index (χ4n) is 4.83. The number of amides is 1. The molecule has 0 atom stereocenters. The number of allylic oxidation sites excluding steroid dienone is 1. The summed E-state index contributed by atoms with van der Waals surface area (Å²) in [6, 6.07) is 19.4. The van der Waals surface area contributed by atoms with E-state index in [1.54, 1.807) is 30.6 Å². The molecule has 2 aromatic heterocycles. The van der Waals surface area contributed by atoms with Crippen LogP contribution >= 0.6 is 0 Å². The van der Waals surface area contributed by atoms with Crippen molar-refractivity contribution in [3.8, 4) is 5.75 Å². The molecule has 0 spiro atoms. The lowest BCUT2D eigenvalue weighted by atomic mass is 10.0. The van der Waals surface area contributed by atoms with Crippen LogP contribution in [0.1, 0.15) is 37.7 Å². The highest BCUT2D eigenvalue weighted by Gasteiger charge is 2.27. The molecule has 0 saturated carbocycles. The van der Waals surface area contributed by atoms with E-state index in [9.17, 15) is 4.79 Å². The van der Waals surface area contributed by atoms with E-state index in [1.807, 2.05) is 81.4 Å². The Morgan fingerprint density at radius 2 is 1.65 bits per heavy atom. The maximum atomic E-state index is 12.6.